The van der Waals surface area contributed by atoms with Gasteiger partial charge in [0.15, 0.2) is 0 Å². The van der Waals surface area contributed by atoms with E-state index in [1.807, 2.05) is 17.0 Å². The fourth-order valence-electron chi connectivity index (χ4n) is 4.64. The van der Waals surface area contributed by atoms with Crippen molar-refractivity contribution in [1.82, 2.24) is 9.88 Å². The predicted octanol–water partition coefficient (Wildman–Crippen LogP) is 3.19. The number of aliphatic carboxylic acids is 1. The molecule has 0 bridgehead atoms. The molecule has 4 rings (SSSR count). The highest BCUT2D eigenvalue weighted by molar-refractivity contribution is 5.87. The maximum Gasteiger partial charge on any atom is 0.303 e. The van der Waals surface area contributed by atoms with Crippen LogP contribution in [0.3, 0.4) is 0 Å². The van der Waals surface area contributed by atoms with Crippen molar-refractivity contribution >= 4 is 22.8 Å². The molecule has 126 valence electrons. The summed E-state index contributed by atoms with van der Waals surface area (Å²) in [6.07, 6.45) is 4.72. The number of para-hydroxylation sites is 1. The van der Waals surface area contributed by atoms with Gasteiger partial charge in [-0.15, -0.1) is 0 Å². The summed E-state index contributed by atoms with van der Waals surface area (Å²) in [5, 5.41) is 10.2. The summed E-state index contributed by atoms with van der Waals surface area (Å²) in [6, 6.07) is 8.28. The molecule has 0 aliphatic carbocycles. The summed E-state index contributed by atoms with van der Waals surface area (Å²) in [4.78, 5) is 29.1. The van der Waals surface area contributed by atoms with Crippen LogP contribution >= 0.6 is 0 Å². The molecule has 3 heterocycles. The SMILES string of the molecule is O=C(O)CCCC12CCCC(=O)N1CCc1c2[nH]c2ccccc12. The minimum absolute atomic E-state index is 0.152. The quantitative estimate of drug-likeness (QED) is 0.906. The van der Waals surface area contributed by atoms with Gasteiger partial charge in [-0.1, -0.05) is 18.2 Å². The third-order valence-corrected chi connectivity index (χ3v) is 5.64. The number of nitrogens with one attached hydrogen (secondary N) is 1. The molecule has 24 heavy (non-hydrogen) atoms. The van der Waals surface area contributed by atoms with Gasteiger partial charge in [-0.2, -0.15) is 0 Å². The Kier molecular flexibility index (Phi) is 3.59. The number of carbonyl (C=O) groups is 2. The molecule has 5 nitrogen and oxygen atoms in total. The third kappa shape index (κ3) is 2.22. The number of benzene rings is 1. The number of carboxylic acid groups (broad SMARTS) is 1. The van der Waals surface area contributed by atoms with E-state index in [0.29, 0.717) is 19.3 Å². The smallest absolute Gasteiger partial charge is 0.303 e. The Morgan fingerprint density at radius 3 is 2.96 bits per heavy atom. The van der Waals surface area contributed by atoms with Gasteiger partial charge < -0.3 is 15.0 Å². The highest BCUT2D eigenvalue weighted by atomic mass is 16.4. The lowest BCUT2D eigenvalue weighted by atomic mass is 9.75. The molecule has 2 N–H and O–H groups in total. The van der Waals surface area contributed by atoms with Gasteiger partial charge in [-0.25, -0.2) is 0 Å². The number of rotatable bonds is 4. The van der Waals surface area contributed by atoms with Crippen molar-refractivity contribution in [3.8, 4) is 0 Å². The molecule has 5 heteroatoms. The second kappa shape index (κ2) is 5.65. The third-order valence-electron chi connectivity index (χ3n) is 5.64. The van der Waals surface area contributed by atoms with Crippen LogP contribution in [0.15, 0.2) is 24.3 Å². The summed E-state index contributed by atoms with van der Waals surface area (Å²) in [5.41, 5.74) is 3.22. The second-order valence-corrected chi connectivity index (χ2v) is 6.95. The molecule has 2 aliphatic rings. The second-order valence-electron chi connectivity index (χ2n) is 6.95. The van der Waals surface area contributed by atoms with Crippen LogP contribution in [0.5, 0.6) is 0 Å². The van der Waals surface area contributed by atoms with E-state index in [2.05, 4.69) is 17.1 Å². The molecule has 1 aromatic heterocycles. The van der Waals surface area contributed by atoms with E-state index in [9.17, 15) is 9.59 Å². The number of carbonyl (C=O) groups excluding carboxylic acids is 1. The molecule has 0 radical (unpaired) electrons. The standard InChI is InChI=1S/C19H22N2O3/c22-16-7-3-10-19(11-4-8-17(23)24)18-14(9-12-21(16)19)13-5-1-2-6-15(13)20-18/h1-2,5-6,20H,3-4,7-12H2,(H,23,24). The van der Waals surface area contributed by atoms with Crippen LogP contribution in [-0.2, 0) is 21.5 Å². The van der Waals surface area contributed by atoms with E-state index in [1.165, 1.54) is 10.9 Å². The van der Waals surface area contributed by atoms with Crippen molar-refractivity contribution in [3.63, 3.8) is 0 Å². The Balaban J connectivity index is 1.81. The Morgan fingerprint density at radius 2 is 2.12 bits per heavy atom. The first-order valence-corrected chi connectivity index (χ1v) is 8.74. The van der Waals surface area contributed by atoms with Gasteiger partial charge in [0, 0.05) is 36.0 Å². The normalized spacial score (nSPS) is 23.2. The molecule has 1 saturated heterocycles. The monoisotopic (exact) mass is 326 g/mol. The van der Waals surface area contributed by atoms with E-state index in [4.69, 9.17) is 5.11 Å². The number of nitrogens with zero attached hydrogens (tertiary/aromatic N) is 1. The van der Waals surface area contributed by atoms with Gasteiger partial charge in [0.1, 0.15) is 0 Å². The zero-order valence-corrected chi connectivity index (χ0v) is 13.7. The van der Waals surface area contributed by atoms with E-state index < -0.39 is 5.97 Å². The molecule has 1 atom stereocenters. The predicted molar refractivity (Wildman–Crippen MR) is 90.7 cm³/mol. The van der Waals surface area contributed by atoms with Crippen LogP contribution in [0, 0.1) is 0 Å². The number of H-pyrrole nitrogens is 1. The number of piperidine rings is 1. The summed E-state index contributed by atoms with van der Waals surface area (Å²) in [7, 11) is 0. The number of aromatic nitrogens is 1. The van der Waals surface area contributed by atoms with Gasteiger partial charge in [0.25, 0.3) is 0 Å². The largest absolute Gasteiger partial charge is 0.481 e. The highest BCUT2D eigenvalue weighted by Crippen LogP contribution is 2.47. The molecular formula is C19H22N2O3. The zero-order chi connectivity index (χ0) is 16.7. The van der Waals surface area contributed by atoms with E-state index in [1.54, 1.807) is 0 Å². The van der Waals surface area contributed by atoms with Crippen molar-refractivity contribution in [2.24, 2.45) is 0 Å². The average molecular weight is 326 g/mol. The zero-order valence-electron chi connectivity index (χ0n) is 13.7. The van der Waals surface area contributed by atoms with Crippen molar-refractivity contribution in [1.29, 1.82) is 0 Å². The summed E-state index contributed by atoms with van der Waals surface area (Å²) >= 11 is 0. The minimum atomic E-state index is -0.771. The van der Waals surface area contributed by atoms with Crippen LogP contribution in [0.25, 0.3) is 10.9 Å². The van der Waals surface area contributed by atoms with Crippen LogP contribution < -0.4 is 0 Å². The topological polar surface area (TPSA) is 73.4 Å². The van der Waals surface area contributed by atoms with Crippen molar-refractivity contribution in [2.45, 2.75) is 50.5 Å². The first kappa shape index (κ1) is 15.2. The van der Waals surface area contributed by atoms with Crippen LogP contribution in [0.1, 0.15) is 49.8 Å². The number of fused-ring (bicyclic) bond motifs is 5. The Bertz CT molecular complexity index is 810. The van der Waals surface area contributed by atoms with E-state index >= 15 is 0 Å². The fourth-order valence-corrected chi connectivity index (χ4v) is 4.64. The number of hydrogen-bond acceptors (Lipinski definition) is 2. The van der Waals surface area contributed by atoms with E-state index in [-0.39, 0.29) is 17.9 Å². The van der Waals surface area contributed by atoms with Gasteiger partial charge in [0.2, 0.25) is 5.91 Å². The lowest BCUT2D eigenvalue weighted by Crippen LogP contribution is -2.55. The maximum absolute atomic E-state index is 12.6. The number of aromatic amines is 1. The van der Waals surface area contributed by atoms with Crippen LogP contribution in [0.4, 0.5) is 0 Å². The van der Waals surface area contributed by atoms with Gasteiger partial charge in [-0.3, -0.25) is 9.59 Å². The summed E-state index contributed by atoms with van der Waals surface area (Å²) < 4.78 is 0. The van der Waals surface area contributed by atoms with E-state index in [0.717, 1.165) is 37.0 Å². The lowest BCUT2D eigenvalue weighted by molar-refractivity contribution is -0.144. The summed E-state index contributed by atoms with van der Waals surface area (Å²) in [5.74, 6) is -0.561. The first-order valence-electron chi connectivity index (χ1n) is 8.74. The molecule has 1 unspecified atom stereocenters. The molecule has 2 aromatic rings. The number of hydrogen-bond donors (Lipinski definition) is 2. The molecule has 1 fully saturated rings. The Hall–Kier alpha value is -2.30. The molecule has 0 saturated carbocycles. The highest BCUT2D eigenvalue weighted by Gasteiger charge is 2.48. The number of amides is 1. The lowest BCUT2D eigenvalue weighted by Gasteiger charge is -2.50. The molecule has 2 aliphatic heterocycles. The Morgan fingerprint density at radius 1 is 1.29 bits per heavy atom. The van der Waals surface area contributed by atoms with Gasteiger partial charge >= 0.3 is 5.97 Å². The van der Waals surface area contributed by atoms with Crippen molar-refractivity contribution in [3.05, 3.63) is 35.5 Å². The summed E-state index contributed by atoms with van der Waals surface area (Å²) in [6.45, 7) is 0.737. The molecule has 0 spiro atoms. The van der Waals surface area contributed by atoms with Crippen molar-refractivity contribution < 1.29 is 14.7 Å². The Labute approximate surface area is 140 Å². The van der Waals surface area contributed by atoms with Crippen LogP contribution in [-0.4, -0.2) is 33.4 Å². The first-order chi connectivity index (χ1) is 11.6. The molecule has 1 amide bonds. The number of carboxylic acids is 1. The average Bonchev–Trinajstić information content (AvgIpc) is 2.94. The molecule has 1 aromatic carbocycles. The fraction of sp³-hybridized carbons (Fsp3) is 0.474. The van der Waals surface area contributed by atoms with Gasteiger partial charge in [0.05, 0.1) is 5.54 Å². The minimum Gasteiger partial charge on any atom is -0.481 e. The van der Waals surface area contributed by atoms with Crippen LogP contribution in [0.2, 0.25) is 0 Å². The van der Waals surface area contributed by atoms with Crippen molar-refractivity contribution in [2.75, 3.05) is 6.54 Å². The maximum atomic E-state index is 12.6. The molecular weight excluding hydrogens is 304 g/mol. The van der Waals surface area contributed by atoms with Gasteiger partial charge in [-0.05, 0) is 43.7 Å².